The smallest absolute Gasteiger partial charge is 0.258 e. The minimum absolute atomic E-state index is 0. The van der Waals surface area contributed by atoms with Gasteiger partial charge in [-0.15, -0.1) is 33.9 Å². The van der Waals surface area contributed by atoms with Crippen molar-refractivity contribution in [2.24, 2.45) is 0 Å². The Labute approximate surface area is 155 Å². The number of rotatable bonds is 3. The van der Waals surface area contributed by atoms with Crippen molar-refractivity contribution in [3.05, 3.63) is 40.8 Å². The van der Waals surface area contributed by atoms with Gasteiger partial charge in [-0.3, -0.25) is 14.5 Å². The van der Waals surface area contributed by atoms with Gasteiger partial charge in [-0.1, -0.05) is 0 Å². The molecule has 1 aliphatic heterocycles. The Balaban J connectivity index is 0.00000182. The van der Waals surface area contributed by atoms with E-state index in [1.54, 1.807) is 34.1 Å². The highest BCUT2D eigenvalue weighted by molar-refractivity contribution is 7.15. The number of piperidine rings is 1. The Morgan fingerprint density at radius 3 is 2.92 bits per heavy atom. The summed E-state index contributed by atoms with van der Waals surface area (Å²) >= 11 is 1.57. The summed E-state index contributed by atoms with van der Waals surface area (Å²) < 4.78 is 1.80. The van der Waals surface area contributed by atoms with Crippen molar-refractivity contribution in [3.63, 3.8) is 0 Å². The van der Waals surface area contributed by atoms with Crippen molar-refractivity contribution in [2.75, 3.05) is 18.4 Å². The van der Waals surface area contributed by atoms with Gasteiger partial charge in [0.05, 0.1) is 5.56 Å². The highest BCUT2D eigenvalue weighted by atomic mass is 35.5. The second kappa shape index (κ2) is 7.47. The number of fused-ring (bicyclic) bond motifs is 1. The lowest BCUT2D eigenvalue weighted by Gasteiger charge is -2.20. The molecule has 0 radical (unpaired) electrons. The van der Waals surface area contributed by atoms with Gasteiger partial charge in [-0.05, 0) is 50.9 Å². The van der Waals surface area contributed by atoms with E-state index in [-0.39, 0.29) is 18.3 Å². The molecule has 132 valence electrons. The summed E-state index contributed by atoms with van der Waals surface area (Å²) in [5, 5.41) is 14.9. The van der Waals surface area contributed by atoms with Crippen LogP contribution in [0.5, 0.6) is 0 Å². The fourth-order valence-electron chi connectivity index (χ4n) is 2.95. The summed E-state index contributed by atoms with van der Waals surface area (Å²) in [4.78, 5) is 18.1. The molecule has 1 fully saturated rings. The molecule has 1 amide bonds. The first-order valence-corrected chi connectivity index (χ1v) is 8.81. The van der Waals surface area contributed by atoms with Crippen LogP contribution in [0.15, 0.2) is 24.5 Å². The van der Waals surface area contributed by atoms with Gasteiger partial charge in [0.2, 0.25) is 0 Å². The van der Waals surface area contributed by atoms with E-state index < -0.39 is 0 Å². The van der Waals surface area contributed by atoms with Crippen molar-refractivity contribution < 1.29 is 4.79 Å². The topological polar surface area (TPSA) is 84.2 Å². The lowest BCUT2D eigenvalue weighted by Crippen LogP contribution is -2.26. The lowest BCUT2D eigenvalue weighted by atomic mass is 9.97. The van der Waals surface area contributed by atoms with Crippen molar-refractivity contribution in [2.45, 2.75) is 25.7 Å². The molecular weight excluding hydrogens is 360 g/mol. The zero-order valence-electron chi connectivity index (χ0n) is 13.7. The molecular formula is C16H19ClN6OS. The van der Waals surface area contributed by atoms with E-state index in [0.29, 0.717) is 16.6 Å². The Hall–Kier alpha value is -2.03. The van der Waals surface area contributed by atoms with Gasteiger partial charge >= 0.3 is 0 Å². The summed E-state index contributed by atoms with van der Waals surface area (Å²) in [7, 11) is 0. The largest absolute Gasteiger partial charge is 0.317 e. The number of nitrogens with one attached hydrogen (secondary N) is 2. The lowest BCUT2D eigenvalue weighted by molar-refractivity contribution is 0.102. The van der Waals surface area contributed by atoms with E-state index in [1.165, 1.54) is 4.88 Å². The van der Waals surface area contributed by atoms with Crippen LogP contribution in [0.2, 0.25) is 0 Å². The quantitative estimate of drug-likeness (QED) is 0.731. The summed E-state index contributed by atoms with van der Waals surface area (Å²) in [6, 6.07) is 3.54. The number of hydrogen-bond donors (Lipinski definition) is 2. The molecule has 7 nitrogen and oxygen atoms in total. The number of thiazole rings is 1. The number of anilines is 1. The first-order chi connectivity index (χ1) is 11.7. The average Bonchev–Trinajstić information content (AvgIpc) is 3.23. The van der Waals surface area contributed by atoms with Crippen LogP contribution < -0.4 is 10.6 Å². The molecule has 0 spiro atoms. The minimum atomic E-state index is -0.170. The van der Waals surface area contributed by atoms with Crippen LogP contribution in [0, 0.1) is 6.92 Å². The van der Waals surface area contributed by atoms with Gasteiger partial charge in [0.25, 0.3) is 5.91 Å². The van der Waals surface area contributed by atoms with Gasteiger partial charge in [-0.2, -0.15) is 0 Å². The molecule has 4 rings (SSSR count). The number of hydrogen-bond acceptors (Lipinski definition) is 6. The molecule has 0 unspecified atom stereocenters. The molecule has 25 heavy (non-hydrogen) atoms. The zero-order chi connectivity index (χ0) is 16.5. The fourth-order valence-corrected chi connectivity index (χ4v) is 3.93. The third-order valence-corrected chi connectivity index (χ3v) is 5.40. The summed E-state index contributed by atoms with van der Waals surface area (Å²) in [5.41, 5.74) is 1.29. The first-order valence-electron chi connectivity index (χ1n) is 8.00. The van der Waals surface area contributed by atoms with E-state index in [2.05, 4.69) is 25.8 Å². The normalized spacial score (nSPS) is 15.1. The number of halogens is 1. The first kappa shape index (κ1) is 17.8. The molecule has 3 aromatic heterocycles. The maximum absolute atomic E-state index is 12.5. The van der Waals surface area contributed by atoms with E-state index in [9.17, 15) is 4.79 Å². The average molecular weight is 379 g/mol. The maximum atomic E-state index is 12.5. The zero-order valence-corrected chi connectivity index (χ0v) is 15.4. The van der Waals surface area contributed by atoms with Gasteiger partial charge in [-0.25, -0.2) is 4.98 Å². The van der Waals surface area contributed by atoms with E-state index >= 15 is 0 Å². The van der Waals surface area contributed by atoms with Crippen LogP contribution in [-0.4, -0.2) is 38.6 Å². The summed E-state index contributed by atoms with van der Waals surface area (Å²) in [6.45, 7) is 3.94. The predicted octanol–water partition coefficient (Wildman–Crippen LogP) is 2.64. The Morgan fingerprint density at radius 2 is 2.12 bits per heavy atom. The number of carbonyl (C=O) groups excluding carboxylic acids is 1. The number of aromatic nitrogens is 4. The number of carbonyl (C=O) groups is 1. The van der Waals surface area contributed by atoms with Crippen LogP contribution >= 0.6 is 23.7 Å². The molecule has 1 saturated heterocycles. The number of pyridine rings is 1. The predicted molar refractivity (Wildman–Crippen MR) is 99.9 cm³/mol. The standard InChI is InChI=1S/C16H18N6OS.ClH/c1-10-20-21-14-3-2-12(9-22(10)14)15(23)19-16-18-8-13(24-16)11-4-6-17-7-5-11;/h2-3,8-9,11,17H,4-7H2,1H3,(H,18,19,23);1H. The second-order valence-corrected chi connectivity index (χ2v) is 7.00. The van der Waals surface area contributed by atoms with Crippen molar-refractivity contribution in [1.29, 1.82) is 0 Å². The third kappa shape index (κ3) is 3.65. The van der Waals surface area contributed by atoms with Crippen LogP contribution in [0.4, 0.5) is 5.13 Å². The Bertz CT molecular complexity index is 886. The molecule has 0 saturated carbocycles. The van der Waals surface area contributed by atoms with Crippen LogP contribution in [0.1, 0.15) is 39.8 Å². The van der Waals surface area contributed by atoms with Crippen LogP contribution in [0.25, 0.3) is 5.65 Å². The van der Waals surface area contributed by atoms with Crippen molar-refractivity contribution in [3.8, 4) is 0 Å². The van der Waals surface area contributed by atoms with Gasteiger partial charge in [0.15, 0.2) is 10.8 Å². The monoisotopic (exact) mass is 378 g/mol. The SMILES string of the molecule is Cc1nnc2ccc(C(=O)Nc3ncc(C4CCNCC4)s3)cn12.Cl. The highest BCUT2D eigenvalue weighted by Crippen LogP contribution is 2.31. The fraction of sp³-hybridized carbons (Fsp3) is 0.375. The van der Waals surface area contributed by atoms with Crippen molar-refractivity contribution >= 4 is 40.4 Å². The molecule has 3 aromatic rings. The van der Waals surface area contributed by atoms with Gasteiger partial charge < -0.3 is 5.32 Å². The number of nitrogens with zero attached hydrogens (tertiary/aromatic N) is 4. The number of aryl methyl sites for hydroxylation is 1. The Morgan fingerprint density at radius 1 is 1.32 bits per heavy atom. The van der Waals surface area contributed by atoms with Crippen molar-refractivity contribution in [1.82, 2.24) is 24.9 Å². The Kier molecular flexibility index (Phi) is 5.31. The van der Waals surface area contributed by atoms with E-state index in [4.69, 9.17) is 0 Å². The van der Waals surface area contributed by atoms with Crippen LogP contribution in [-0.2, 0) is 0 Å². The molecule has 0 aliphatic carbocycles. The van der Waals surface area contributed by atoms with Crippen LogP contribution in [0.3, 0.4) is 0 Å². The maximum Gasteiger partial charge on any atom is 0.258 e. The number of amides is 1. The molecule has 0 bridgehead atoms. The summed E-state index contributed by atoms with van der Waals surface area (Å²) in [6.07, 6.45) is 5.89. The highest BCUT2D eigenvalue weighted by Gasteiger charge is 2.18. The second-order valence-electron chi connectivity index (χ2n) is 5.94. The minimum Gasteiger partial charge on any atom is -0.317 e. The molecule has 2 N–H and O–H groups in total. The summed E-state index contributed by atoms with van der Waals surface area (Å²) in [5.74, 6) is 1.13. The molecule has 1 aliphatic rings. The van der Waals surface area contributed by atoms with Gasteiger partial charge in [0.1, 0.15) is 5.82 Å². The molecule has 0 aromatic carbocycles. The van der Waals surface area contributed by atoms with Gasteiger partial charge in [0, 0.05) is 17.3 Å². The van der Waals surface area contributed by atoms with E-state index in [0.717, 1.165) is 37.4 Å². The molecule has 0 atom stereocenters. The molecule has 4 heterocycles. The molecule has 9 heteroatoms. The third-order valence-electron chi connectivity index (χ3n) is 4.32. The van der Waals surface area contributed by atoms with E-state index in [1.807, 2.05) is 13.1 Å².